The first-order valence-electron chi connectivity index (χ1n) is 8.34. The third-order valence-corrected chi connectivity index (χ3v) is 4.98. The van der Waals surface area contributed by atoms with E-state index in [0.717, 1.165) is 10.1 Å². The Morgan fingerprint density at radius 2 is 1.65 bits per heavy atom. The number of rotatable bonds is 4. The summed E-state index contributed by atoms with van der Waals surface area (Å²) in [6.45, 7) is 1.88. The number of fused-ring (bicyclic) bond motifs is 1. The van der Waals surface area contributed by atoms with Gasteiger partial charge in [-0.05, 0) is 12.5 Å². The van der Waals surface area contributed by atoms with Crippen molar-refractivity contribution in [2.75, 3.05) is 11.9 Å². The molecule has 0 aliphatic rings. The van der Waals surface area contributed by atoms with E-state index in [1.807, 2.05) is 42.2 Å². The van der Waals surface area contributed by atoms with E-state index < -0.39 is 17.4 Å². The molecule has 0 bridgehead atoms. The van der Waals surface area contributed by atoms with Crippen LogP contribution < -0.4 is 16.1 Å². The van der Waals surface area contributed by atoms with Crippen LogP contribution in [-0.4, -0.2) is 36.9 Å². The molecule has 1 aromatic carbocycles. The Kier molecular flexibility index (Phi) is 4.45. The van der Waals surface area contributed by atoms with Gasteiger partial charge in [-0.2, -0.15) is 4.98 Å². The molecular weight excluding hydrogens is 334 g/mol. The number of benzene rings is 1. The number of anilines is 1. The smallest absolute Gasteiger partial charge is 0.332 e. The molecule has 0 saturated heterocycles. The van der Waals surface area contributed by atoms with Gasteiger partial charge in [0.15, 0.2) is 11.2 Å². The highest BCUT2D eigenvalue weighted by Gasteiger charge is 2.26. The van der Waals surface area contributed by atoms with Gasteiger partial charge in [-0.3, -0.25) is 13.9 Å². The van der Waals surface area contributed by atoms with E-state index in [2.05, 4.69) is 4.98 Å². The van der Waals surface area contributed by atoms with E-state index in [9.17, 15) is 14.7 Å². The Morgan fingerprint density at radius 3 is 2.27 bits per heavy atom. The molecule has 138 valence electrons. The quantitative estimate of drug-likeness (QED) is 0.736. The van der Waals surface area contributed by atoms with Crippen molar-refractivity contribution in [2.24, 2.45) is 21.1 Å². The van der Waals surface area contributed by atoms with E-state index >= 15 is 0 Å². The van der Waals surface area contributed by atoms with Crippen LogP contribution in [0.5, 0.6) is 0 Å². The lowest BCUT2D eigenvalue weighted by molar-refractivity contribution is 0.150. The number of imidazole rings is 1. The summed E-state index contributed by atoms with van der Waals surface area (Å²) in [6.07, 6.45) is -0.729. The summed E-state index contributed by atoms with van der Waals surface area (Å²) in [5, 5.41) is 10.7. The van der Waals surface area contributed by atoms with Crippen LogP contribution in [0.1, 0.15) is 18.6 Å². The van der Waals surface area contributed by atoms with Crippen LogP contribution in [0, 0.1) is 0 Å². The third-order valence-electron chi connectivity index (χ3n) is 4.98. The maximum absolute atomic E-state index is 12.5. The first-order valence-corrected chi connectivity index (χ1v) is 8.34. The van der Waals surface area contributed by atoms with Gasteiger partial charge in [0.25, 0.3) is 5.56 Å². The Hall–Kier alpha value is -2.87. The van der Waals surface area contributed by atoms with Crippen LogP contribution in [0.2, 0.25) is 0 Å². The summed E-state index contributed by atoms with van der Waals surface area (Å²) in [4.78, 5) is 31.0. The average molecular weight is 357 g/mol. The van der Waals surface area contributed by atoms with Crippen molar-refractivity contribution in [1.82, 2.24) is 18.7 Å². The first kappa shape index (κ1) is 17.9. The van der Waals surface area contributed by atoms with Gasteiger partial charge < -0.3 is 14.6 Å². The predicted octanol–water partition coefficient (Wildman–Crippen LogP) is 0.529. The highest BCUT2D eigenvalue weighted by atomic mass is 16.3. The average Bonchev–Trinajstić information content (AvgIpc) is 3.01. The molecule has 2 aromatic heterocycles. The number of aliphatic hydroxyl groups excluding tert-OH is 1. The number of aliphatic hydroxyl groups is 1. The molecule has 2 heterocycles. The SMILES string of the molecule is CC(C(O)c1ccccc1)N(C)c1nc2c(c(=O)n(C)c(=O)n2C)n1C. The molecule has 0 amide bonds. The maximum Gasteiger partial charge on any atom is 0.332 e. The molecule has 2 atom stereocenters. The van der Waals surface area contributed by atoms with E-state index in [1.165, 1.54) is 11.6 Å². The van der Waals surface area contributed by atoms with Gasteiger partial charge >= 0.3 is 5.69 Å². The molecule has 0 aliphatic carbocycles. The highest BCUT2D eigenvalue weighted by Crippen LogP contribution is 2.25. The summed E-state index contributed by atoms with van der Waals surface area (Å²) >= 11 is 0. The standard InChI is InChI=1S/C18H23N5O3/c1-11(14(24)12-9-7-6-8-10-12)20(2)17-19-15-13(21(17)3)16(25)23(5)18(26)22(15)4/h6-11,14,24H,1-5H3. The predicted molar refractivity (Wildman–Crippen MR) is 100 cm³/mol. The van der Waals surface area contributed by atoms with Crippen molar-refractivity contribution < 1.29 is 5.11 Å². The zero-order chi connectivity index (χ0) is 19.2. The molecule has 0 spiro atoms. The third kappa shape index (κ3) is 2.62. The van der Waals surface area contributed by atoms with Crippen LogP contribution in [0.4, 0.5) is 5.95 Å². The van der Waals surface area contributed by atoms with Gasteiger partial charge in [0.2, 0.25) is 5.95 Å². The van der Waals surface area contributed by atoms with Crippen LogP contribution in [-0.2, 0) is 21.1 Å². The van der Waals surface area contributed by atoms with E-state index in [1.54, 1.807) is 25.7 Å². The molecule has 1 N–H and O–H groups in total. The van der Waals surface area contributed by atoms with E-state index in [4.69, 9.17) is 0 Å². The maximum atomic E-state index is 12.5. The normalized spacial score (nSPS) is 13.8. The largest absolute Gasteiger partial charge is 0.386 e. The second-order valence-corrected chi connectivity index (χ2v) is 6.56. The van der Waals surface area contributed by atoms with E-state index in [-0.39, 0.29) is 6.04 Å². The summed E-state index contributed by atoms with van der Waals surface area (Å²) in [5.74, 6) is 0.501. The lowest BCUT2D eigenvalue weighted by Gasteiger charge is -2.29. The minimum atomic E-state index is -0.729. The molecule has 3 aromatic rings. The Balaban J connectivity index is 2.09. The molecule has 8 nitrogen and oxygen atoms in total. The minimum Gasteiger partial charge on any atom is -0.386 e. The first-order chi connectivity index (χ1) is 12.3. The summed E-state index contributed by atoms with van der Waals surface area (Å²) < 4.78 is 4.08. The van der Waals surface area contributed by atoms with Crippen LogP contribution in [0.25, 0.3) is 11.2 Å². The van der Waals surface area contributed by atoms with Crippen molar-refractivity contribution in [3.63, 3.8) is 0 Å². The molecule has 3 rings (SSSR count). The summed E-state index contributed by atoms with van der Waals surface area (Å²) in [7, 11) is 6.57. The van der Waals surface area contributed by atoms with Gasteiger partial charge in [-0.15, -0.1) is 0 Å². The van der Waals surface area contributed by atoms with Gasteiger partial charge in [0.1, 0.15) is 0 Å². The zero-order valence-corrected chi connectivity index (χ0v) is 15.5. The van der Waals surface area contributed by atoms with Crippen molar-refractivity contribution in [3.8, 4) is 0 Å². The molecule has 0 saturated carbocycles. The molecule has 2 unspecified atom stereocenters. The van der Waals surface area contributed by atoms with Crippen molar-refractivity contribution in [2.45, 2.75) is 19.1 Å². The molecular formula is C18H23N5O3. The monoisotopic (exact) mass is 357 g/mol. The zero-order valence-electron chi connectivity index (χ0n) is 15.5. The van der Waals surface area contributed by atoms with Crippen LogP contribution >= 0.6 is 0 Å². The number of nitrogens with zero attached hydrogens (tertiary/aromatic N) is 5. The van der Waals surface area contributed by atoms with Crippen LogP contribution in [0.15, 0.2) is 39.9 Å². The number of aromatic nitrogens is 4. The number of likely N-dealkylation sites (N-methyl/N-ethyl adjacent to an activating group) is 1. The van der Waals surface area contributed by atoms with Gasteiger partial charge in [-0.1, -0.05) is 30.3 Å². The van der Waals surface area contributed by atoms with Crippen molar-refractivity contribution >= 4 is 17.1 Å². The molecule has 0 radical (unpaired) electrons. The Labute approximate surface area is 150 Å². The lowest BCUT2D eigenvalue weighted by atomic mass is 10.0. The van der Waals surface area contributed by atoms with Gasteiger partial charge in [0, 0.05) is 28.2 Å². The fraction of sp³-hybridized carbons (Fsp3) is 0.389. The topological polar surface area (TPSA) is 85.3 Å². The molecule has 0 fully saturated rings. The van der Waals surface area contributed by atoms with Gasteiger partial charge in [-0.25, -0.2) is 4.79 Å². The van der Waals surface area contributed by atoms with Gasteiger partial charge in [0.05, 0.1) is 12.1 Å². The highest BCUT2D eigenvalue weighted by molar-refractivity contribution is 5.74. The Morgan fingerprint density at radius 1 is 1.04 bits per heavy atom. The van der Waals surface area contributed by atoms with Crippen LogP contribution in [0.3, 0.4) is 0 Å². The fourth-order valence-electron chi connectivity index (χ4n) is 3.15. The molecule has 0 aliphatic heterocycles. The minimum absolute atomic E-state index is 0.297. The molecule has 8 heteroatoms. The summed E-state index contributed by atoms with van der Waals surface area (Å²) in [5.41, 5.74) is 0.650. The number of hydrogen-bond donors (Lipinski definition) is 1. The summed E-state index contributed by atoms with van der Waals surface area (Å²) in [6, 6.07) is 9.08. The number of aryl methyl sites for hydroxylation is 2. The van der Waals surface area contributed by atoms with E-state index in [0.29, 0.717) is 17.1 Å². The second-order valence-electron chi connectivity index (χ2n) is 6.56. The van der Waals surface area contributed by atoms with Crippen molar-refractivity contribution in [3.05, 3.63) is 56.7 Å². The number of hydrogen-bond acceptors (Lipinski definition) is 5. The fourth-order valence-corrected chi connectivity index (χ4v) is 3.15. The van der Waals surface area contributed by atoms with Crippen molar-refractivity contribution in [1.29, 1.82) is 0 Å². The Bertz CT molecular complexity index is 1060. The molecule has 26 heavy (non-hydrogen) atoms. The lowest BCUT2D eigenvalue weighted by Crippen LogP contribution is -2.37. The second kappa shape index (κ2) is 6.45.